The van der Waals surface area contributed by atoms with Crippen molar-refractivity contribution in [1.29, 1.82) is 0 Å². The molecule has 2 N–H and O–H groups in total. The lowest BCUT2D eigenvalue weighted by atomic mass is 9.81. The Morgan fingerprint density at radius 1 is 1.25 bits per heavy atom. The first-order valence-electron chi connectivity index (χ1n) is 7.40. The summed E-state index contributed by atoms with van der Waals surface area (Å²) < 4.78 is 37.9. The molecule has 3 nitrogen and oxygen atoms in total. The Bertz CT molecular complexity index is 351. The third-order valence-electron chi connectivity index (χ3n) is 4.82. The van der Waals surface area contributed by atoms with E-state index >= 15 is 0 Å². The van der Waals surface area contributed by atoms with Crippen LogP contribution < -0.4 is 5.73 Å². The Kier molecular flexibility index (Phi) is 4.62. The lowest BCUT2D eigenvalue weighted by Crippen LogP contribution is -2.41. The zero-order valence-corrected chi connectivity index (χ0v) is 11.8. The fourth-order valence-corrected chi connectivity index (χ4v) is 3.52. The number of hydrogen-bond donors (Lipinski definition) is 1. The van der Waals surface area contributed by atoms with E-state index in [1.54, 1.807) is 0 Å². The molecule has 6 heteroatoms. The summed E-state index contributed by atoms with van der Waals surface area (Å²) >= 11 is 0. The van der Waals surface area contributed by atoms with Crippen LogP contribution in [0.15, 0.2) is 0 Å². The van der Waals surface area contributed by atoms with Gasteiger partial charge in [0.15, 0.2) is 0 Å². The highest BCUT2D eigenvalue weighted by atomic mass is 19.4. The lowest BCUT2D eigenvalue weighted by molar-refractivity contribution is -0.185. The monoisotopic (exact) mass is 292 g/mol. The smallest absolute Gasteiger partial charge is 0.339 e. The van der Waals surface area contributed by atoms with E-state index in [2.05, 4.69) is 0 Å². The van der Waals surface area contributed by atoms with Crippen LogP contribution in [0.5, 0.6) is 0 Å². The highest BCUT2D eigenvalue weighted by Crippen LogP contribution is 2.40. The van der Waals surface area contributed by atoms with Crippen molar-refractivity contribution >= 4 is 5.91 Å². The van der Waals surface area contributed by atoms with Gasteiger partial charge in [0.2, 0.25) is 5.91 Å². The predicted molar refractivity (Wildman–Crippen MR) is 69.8 cm³/mol. The second-order valence-corrected chi connectivity index (χ2v) is 6.27. The molecule has 2 unspecified atom stereocenters. The molecule has 2 fully saturated rings. The maximum absolute atomic E-state index is 12.6. The number of carbonyl (C=O) groups is 1. The number of nitrogens with zero attached hydrogens (tertiary/aromatic N) is 1. The Balaban J connectivity index is 1.89. The fourth-order valence-electron chi connectivity index (χ4n) is 3.52. The molecule has 2 aliphatic rings. The van der Waals surface area contributed by atoms with E-state index in [0.717, 1.165) is 6.42 Å². The maximum atomic E-state index is 12.6. The first-order chi connectivity index (χ1) is 9.32. The molecule has 2 atom stereocenters. The van der Waals surface area contributed by atoms with E-state index in [-0.39, 0.29) is 30.7 Å². The van der Waals surface area contributed by atoms with Crippen LogP contribution >= 0.6 is 0 Å². The van der Waals surface area contributed by atoms with Gasteiger partial charge in [-0.1, -0.05) is 0 Å². The van der Waals surface area contributed by atoms with Crippen LogP contribution in [-0.4, -0.2) is 36.1 Å². The van der Waals surface area contributed by atoms with E-state index in [1.807, 2.05) is 11.8 Å². The quantitative estimate of drug-likeness (QED) is 0.850. The third kappa shape index (κ3) is 3.27. The molecule has 0 spiro atoms. The van der Waals surface area contributed by atoms with Crippen LogP contribution in [0.2, 0.25) is 0 Å². The van der Waals surface area contributed by atoms with Crippen molar-refractivity contribution in [3.8, 4) is 0 Å². The molecule has 1 saturated heterocycles. The largest absolute Gasteiger partial charge is 0.391 e. The summed E-state index contributed by atoms with van der Waals surface area (Å²) in [5.41, 5.74) is 5.64. The van der Waals surface area contributed by atoms with Gasteiger partial charge in [0.1, 0.15) is 0 Å². The standard InChI is InChI=1S/C14H23F3N2O/c1-9-6-10(7-18)8-19(9)13(20)11-2-4-12(5-3-11)14(15,16)17/h9-12H,2-8,18H2,1H3. The molecule has 1 amide bonds. The minimum atomic E-state index is -4.11. The van der Waals surface area contributed by atoms with Crippen molar-refractivity contribution < 1.29 is 18.0 Å². The van der Waals surface area contributed by atoms with Gasteiger partial charge >= 0.3 is 6.18 Å². The summed E-state index contributed by atoms with van der Waals surface area (Å²) in [7, 11) is 0. The third-order valence-corrected chi connectivity index (χ3v) is 4.82. The Hall–Kier alpha value is -0.780. The molecule has 1 aliphatic heterocycles. The SMILES string of the molecule is CC1CC(CN)CN1C(=O)C1CCC(C(F)(F)F)CC1. The molecule has 0 aromatic carbocycles. The van der Waals surface area contributed by atoms with E-state index in [0.29, 0.717) is 31.8 Å². The average Bonchev–Trinajstić information content (AvgIpc) is 2.78. The van der Waals surface area contributed by atoms with Crippen LogP contribution in [0.4, 0.5) is 13.2 Å². The summed E-state index contributed by atoms with van der Waals surface area (Å²) in [6.45, 7) is 3.22. The number of alkyl halides is 3. The summed E-state index contributed by atoms with van der Waals surface area (Å²) in [6, 6.07) is 0.163. The molecule has 0 aromatic heterocycles. The van der Waals surface area contributed by atoms with Gasteiger partial charge in [-0.15, -0.1) is 0 Å². The van der Waals surface area contributed by atoms with E-state index in [4.69, 9.17) is 5.73 Å². The number of hydrogen-bond acceptors (Lipinski definition) is 2. The van der Waals surface area contributed by atoms with Gasteiger partial charge in [0.25, 0.3) is 0 Å². The van der Waals surface area contributed by atoms with Crippen LogP contribution in [0, 0.1) is 17.8 Å². The minimum Gasteiger partial charge on any atom is -0.339 e. The van der Waals surface area contributed by atoms with Gasteiger partial charge in [0.05, 0.1) is 5.92 Å². The fraction of sp³-hybridized carbons (Fsp3) is 0.929. The predicted octanol–water partition coefficient (Wildman–Crippen LogP) is 2.55. The van der Waals surface area contributed by atoms with E-state index in [9.17, 15) is 18.0 Å². The number of nitrogens with two attached hydrogens (primary N) is 1. The van der Waals surface area contributed by atoms with Crippen molar-refractivity contribution in [2.75, 3.05) is 13.1 Å². The molecule has 0 aromatic rings. The number of amides is 1. The van der Waals surface area contributed by atoms with Crippen LogP contribution in [-0.2, 0) is 4.79 Å². The highest BCUT2D eigenvalue weighted by molar-refractivity contribution is 5.79. The average molecular weight is 292 g/mol. The molecule has 1 saturated carbocycles. The number of halogens is 3. The van der Waals surface area contributed by atoms with Gasteiger partial charge in [-0.3, -0.25) is 4.79 Å². The molecule has 2 rings (SSSR count). The minimum absolute atomic E-state index is 0.0362. The molecular formula is C14H23F3N2O. The highest BCUT2D eigenvalue weighted by Gasteiger charge is 2.44. The van der Waals surface area contributed by atoms with E-state index < -0.39 is 12.1 Å². The Morgan fingerprint density at radius 2 is 1.85 bits per heavy atom. The van der Waals surface area contributed by atoms with Crippen molar-refractivity contribution in [3.05, 3.63) is 0 Å². The first kappa shape index (κ1) is 15.6. The second-order valence-electron chi connectivity index (χ2n) is 6.27. The zero-order valence-electron chi connectivity index (χ0n) is 11.8. The Labute approximate surface area is 117 Å². The van der Waals surface area contributed by atoms with Gasteiger partial charge in [-0.2, -0.15) is 13.2 Å². The molecule has 1 aliphatic carbocycles. The van der Waals surface area contributed by atoms with Crippen molar-refractivity contribution in [1.82, 2.24) is 4.90 Å². The molecule has 0 radical (unpaired) electrons. The summed E-state index contributed by atoms with van der Waals surface area (Å²) in [5.74, 6) is -1.08. The van der Waals surface area contributed by atoms with Crippen LogP contribution in [0.25, 0.3) is 0 Å². The lowest BCUT2D eigenvalue weighted by Gasteiger charge is -2.32. The topological polar surface area (TPSA) is 46.3 Å². The molecular weight excluding hydrogens is 269 g/mol. The number of likely N-dealkylation sites (tertiary alicyclic amines) is 1. The normalized spacial score (nSPS) is 35.4. The zero-order chi connectivity index (χ0) is 14.9. The number of carbonyl (C=O) groups excluding carboxylic acids is 1. The summed E-state index contributed by atoms with van der Waals surface area (Å²) in [4.78, 5) is 14.3. The maximum Gasteiger partial charge on any atom is 0.391 e. The Morgan fingerprint density at radius 3 is 2.30 bits per heavy atom. The van der Waals surface area contributed by atoms with Gasteiger partial charge in [-0.25, -0.2) is 0 Å². The summed E-state index contributed by atoms with van der Waals surface area (Å²) in [6.07, 6.45) is -2.32. The van der Waals surface area contributed by atoms with Gasteiger partial charge in [0, 0.05) is 18.5 Å². The molecule has 20 heavy (non-hydrogen) atoms. The molecule has 1 heterocycles. The second kappa shape index (κ2) is 5.92. The van der Waals surface area contributed by atoms with Crippen LogP contribution in [0.3, 0.4) is 0 Å². The van der Waals surface area contributed by atoms with Crippen molar-refractivity contribution in [2.24, 2.45) is 23.5 Å². The van der Waals surface area contributed by atoms with E-state index in [1.165, 1.54) is 0 Å². The first-order valence-corrected chi connectivity index (χ1v) is 7.40. The van der Waals surface area contributed by atoms with Crippen molar-refractivity contribution in [2.45, 2.75) is 51.2 Å². The van der Waals surface area contributed by atoms with Gasteiger partial charge in [-0.05, 0) is 51.5 Å². The van der Waals surface area contributed by atoms with Gasteiger partial charge < -0.3 is 10.6 Å². The summed E-state index contributed by atoms with van der Waals surface area (Å²) in [5, 5.41) is 0. The van der Waals surface area contributed by atoms with Crippen molar-refractivity contribution in [3.63, 3.8) is 0 Å². The molecule has 0 bridgehead atoms. The number of rotatable bonds is 2. The molecule has 116 valence electrons. The van der Waals surface area contributed by atoms with Crippen LogP contribution in [0.1, 0.15) is 39.0 Å².